The van der Waals surface area contributed by atoms with Crippen LogP contribution in [0.1, 0.15) is 34.5 Å². The Morgan fingerprint density at radius 2 is 2.07 bits per heavy atom. The first-order valence-electron chi connectivity index (χ1n) is 8.54. The van der Waals surface area contributed by atoms with E-state index in [1.807, 2.05) is 45.2 Å². The lowest BCUT2D eigenvalue weighted by Gasteiger charge is -2.11. The molecule has 0 aliphatic heterocycles. The molecule has 0 amide bonds. The fraction of sp³-hybridized carbons (Fsp3) is 0.238. The molecule has 3 aromatic rings. The summed E-state index contributed by atoms with van der Waals surface area (Å²) >= 11 is 0. The highest BCUT2D eigenvalue weighted by Crippen LogP contribution is 2.32. The van der Waals surface area contributed by atoms with Crippen LogP contribution in [0.25, 0.3) is 22.5 Å². The first-order chi connectivity index (χ1) is 12.9. The number of hydrogen-bond donors (Lipinski definition) is 0. The normalized spacial score (nSPS) is 11.7. The Kier molecular flexibility index (Phi) is 5.04. The van der Waals surface area contributed by atoms with Crippen molar-refractivity contribution >= 4 is 5.97 Å². The number of esters is 1. The van der Waals surface area contributed by atoms with E-state index in [0.717, 1.165) is 28.1 Å². The Balaban J connectivity index is 2.16. The average molecular weight is 360 g/mol. The number of pyridine rings is 1. The number of benzene rings is 1. The number of nitrogens with zero attached hydrogens (tertiary/aromatic N) is 4. The molecule has 0 fully saturated rings. The van der Waals surface area contributed by atoms with Crippen LogP contribution in [-0.2, 0) is 11.8 Å². The van der Waals surface area contributed by atoms with Crippen LogP contribution in [0.2, 0.25) is 0 Å². The van der Waals surface area contributed by atoms with E-state index in [4.69, 9.17) is 4.74 Å². The molecule has 27 heavy (non-hydrogen) atoms. The summed E-state index contributed by atoms with van der Waals surface area (Å²) in [4.78, 5) is 16.5. The third kappa shape index (κ3) is 3.58. The third-order valence-electron chi connectivity index (χ3n) is 4.44. The lowest BCUT2D eigenvalue weighted by molar-refractivity contribution is 0.0600. The Morgan fingerprint density at radius 1 is 1.30 bits per heavy atom. The fourth-order valence-corrected chi connectivity index (χ4v) is 3.04. The zero-order chi connectivity index (χ0) is 19.6. The number of hydrogen-bond acceptors (Lipinski definition) is 5. The Hall–Kier alpha value is -3.46. The molecule has 2 aromatic heterocycles. The lowest BCUT2D eigenvalue weighted by Crippen LogP contribution is -2.03. The molecule has 0 aliphatic rings. The predicted octanol–water partition coefficient (Wildman–Crippen LogP) is 3.87. The summed E-state index contributed by atoms with van der Waals surface area (Å²) in [6, 6.07) is 13.5. The fourth-order valence-electron chi connectivity index (χ4n) is 3.04. The quantitative estimate of drug-likeness (QED) is 0.660. The Labute approximate surface area is 158 Å². The van der Waals surface area contributed by atoms with Gasteiger partial charge in [0.15, 0.2) is 0 Å². The number of rotatable bonds is 4. The van der Waals surface area contributed by atoms with Crippen LogP contribution in [0.3, 0.4) is 0 Å². The molecule has 1 unspecified atom stereocenters. The van der Waals surface area contributed by atoms with Gasteiger partial charge in [-0.2, -0.15) is 10.4 Å². The molecule has 0 aliphatic carbocycles. The molecule has 1 atom stereocenters. The molecule has 0 N–H and O–H groups in total. The van der Waals surface area contributed by atoms with Crippen molar-refractivity contribution in [3.63, 3.8) is 0 Å². The monoisotopic (exact) mass is 360 g/mol. The molecule has 6 heteroatoms. The van der Waals surface area contributed by atoms with Gasteiger partial charge in [0.1, 0.15) is 0 Å². The molecule has 0 radical (unpaired) electrons. The van der Waals surface area contributed by atoms with Gasteiger partial charge in [-0.15, -0.1) is 0 Å². The van der Waals surface area contributed by atoms with Gasteiger partial charge in [0.05, 0.1) is 42.2 Å². The number of aromatic nitrogens is 3. The summed E-state index contributed by atoms with van der Waals surface area (Å²) in [5.41, 5.74) is 5.37. The van der Waals surface area contributed by atoms with Gasteiger partial charge < -0.3 is 4.74 Å². The second kappa shape index (κ2) is 7.42. The van der Waals surface area contributed by atoms with E-state index < -0.39 is 5.97 Å². The van der Waals surface area contributed by atoms with Crippen molar-refractivity contribution in [3.8, 4) is 28.6 Å². The summed E-state index contributed by atoms with van der Waals surface area (Å²) < 4.78 is 6.61. The van der Waals surface area contributed by atoms with Crippen molar-refractivity contribution in [2.24, 2.45) is 7.05 Å². The number of aryl methyl sites for hydroxylation is 2. The minimum atomic E-state index is -0.406. The number of nitriles is 1. The van der Waals surface area contributed by atoms with Crippen molar-refractivity contribution in [2.75, 3.05) is 7.11 Å². The van der Waals surface area contributed by atoms with Gasteiger partial charge in [0, 0.05) is 23.9 Å². The van der Waals surface area contributed by atoms with Crippen LogP contribution < -0.4 is 0 Å². The number of methoxy groups -OCH3 is 1. The smallest absolute Gasteiger partial charge is 0.337 e. The van der Waals surface area contributed by atoms with E-state index >= 15 is 0 Å². The first kappa shape index (κ1) is 18.3. The number of carbonyl (C=O) groups is 1. The molecule has 2 heterocycles. The minimum Gasteiger partial charge on any atom is -0.465 e. The second-order valence-corrected chi connectivity index (χ2v) is 6.38. The van der Waals surface area contributed by atoms with Crippen LogP contribution in [0.15, 0.2) is 42.6 Å². The Morgan fingerprint density at radius 3 is 2.78 bits per heavy atom. The number of carbonyl (C=O) groups excluding carboxylic acids is 1. The molecule has 6 nitrogen and oxygen atoms in total. The molecule has 0 spiro atoms. The molecule has 1 aromatic carbocycles. The standard InChI is InChI=1S/C21H20N4O2/c1-13(11-22)15-6-5-7-16(9-15)20-18(12-23-25(20)3)19-10-17(21(26)27-4)8-14(2)24-19/h5-10,12-13H,1-4H3. The SMILES string of the molecule is COC(=O)c1cc(C)nc(-c2cnn(C)c2-c2cccc(C(C)C#N)c2)c1. The maximum Gasteiger partial charge on any atom is 0.337 e. The van der Waals surface area contributed by atoms with E-state index in [9.17, 15) is 10.1 Å². The summed E-state index contributed by atoms with van der Waals surface area (Å²) in [6.45, 7) is 3.70. The molecule has 3 rings (SSSR count). The van der Waals surface area contributed by atoms with E-state index in [-0.39, 0.29) is 5.92 Å². The van der Waals surface area contributed by atoms with E-state index in [1.54, 1.807) is 23.0 Å². The van der Waals surface area contributed by atoms with Gasteiger partial charge in [-0.25, -0.2) is 4.79 Å². The van der Waals surface area contributed by atoms with Gasteiger partial charge in [-0.1, -0.05) is 18.2 Å². The molecular formula is C21H20N4O2. The lowest BCUT2D eigenvalue weighted by atomic mass is 9.97. The molecule has 0 bridgehead atoms. The molecule has 0 saturated heterocycles. The van der Waals surface area contributed by atoms with Crippen LogP contribution in [0.5, 0.6) is 0 Å². The van der Waals surface area contributed by atoms with Crippen LogP contribution in [-0.4, -0.2) is 27.8 Å². The van der Waals surface area contributed by atoms with E-state index in [0.29, 0.717) is 11.3 Å². The van der Waals surface area contributed by atoms with Crippen LogP contribution >= 0.6 is 0 Å². The van der Waals surface area contributed by atoms with Crippen molar-refractivity contribution in [2.45, 2.75) is 19.8 Å². The second-order valence-electron chi connectivity index (χ2n) is 6.38. The summed E-state index contributed by atoms with van der Waals surface area (Å²) in [5, 5.41) is 13.6. The highest BCUT2D eigenvalue weighted by molar-refractivity contribution is 5.91. The van der Waals surface area contributed by atoms with Crippen molar-refractivity contribution < 1.29 is 9.53 Å². The highest BCUT2D eigenvalue weighted by Gasteiger charge is 2.18. The zero-order valence-corrected chi connectivity index (χ0v) is 15.7. The molecular weight excluding hydrogens is 340 g/mol. The first-order valence-corrected chi connectivity index (χ1v) is 8.54. The van der Waals surface area contributed by atoms with Gasteiger partial charge >= 0.3 is 5.97 Å². The Bertz CT molecular complexity index is 1050. The molecule has 0 saturated carbocycles. The van der Waals surface area contributed by atoms with Crippen molar-refractivity contribution in [1.29, 1.82) is 5.26 Å². The van der Waals surface area contributed by atoms with Gasteiger partial charge in [0.25, 0.3) is 0 Å². The maximum atomic E-state index is 12.0. The van der Waals surface area contributed by atoms with E-state index in [2.05, 4.69) is 16.2 Å². The summed E-state index contributed by atoms with van der Waals surface area (Å²) in [7, 11) is 3.21. The summed E-state index contributed by atoms with van der Waals surface area (Å²) in [6.07, 6.45) is 1.73. The topological polar surface area (TPSA) is 80.8 Å². The number of ether oxygens (including phenoxy) is 1. The van der Waals surface area contributed by atoms with Gasteiger partial charge in [-0.05, 0) is 37.6 Å². The van der Waals surface area contributed by atoms with Gasteiger partial charge in [0.2, 0.25) is 0 Å². The van der Waals surface area contributed by atoms with E-state index in [1.165, 1.54) is 7.11 Å². The third-order valence-corrected chi connectivity index (χ3v) is 4.44. The minimum absolute atomic E-state index is 0.204. The van der Waals surface area contributed by atoms with Gasteiger partial charge in [-0.3, -0.25) is 9.67 Å². The zero-order valence-electron chi connectivity index (χ0n) is 15.7. The predicted molar refractivity (Wildman–Crippen MR) is 102 cm³/mol. The molecule has 136 valence electrons. The largest absolute Gasteiger partial charge is 0.465 e. The van der Waals surface area contributed by atoms with Crippen molar-refractivity contribution in [1.82, 2.24) is 14.8 Å². The summed E-state index contributed by atoms with van der Waals surface area (Å²) in [5.74, 6) is -0.610. The maximum absolute atomic E-state index is 12.0. The van der Waals surface area contributed by atoms with Crippen molar-refractivity contribution in [3.05, 3.63) is 59.4 Å². The average Bonchev–Trinajstić information content (AvgIpc) is 3.07. The van der Waals surface area contributed by atoms with Crippen LogP contribution in [0, 0.1) is 18.3 Å². The highest BCUT2D eigenvalue weighted by atomic mass is 16.5. The van der Waals surface area contributed by atoms with Crippen LogP contribution in [0.4, 0.5) is 0 Å².